The van der Waals surface area contributed by atoms with Crippen LogP contribution in [0.2, 0.25) is 0 Å². The van der Waals surface area contributed by atoms with E-state index < -0.39 is 39.5 Å². The van der Waals surface area contributed by atoms with Crippen LogP contribution in [0, 0.1) is 0 Å². The van der Waals surface area contributed by atoms with Gasteiger partial charge in [0, 0.05) is 105 Å². The maximum absolute atomic E-state index is 13.5. The van der Waals surface area contributed by atoms with Crippen LogP contribution in [0.3, 0.4) is 0 Å². The Hall–Kier alpha value is -7.95. The van der Waals surface area contributed by atoms with Gasteiger partial charge in [0.1, 0.15) is 17.2 Å². The number of aromatic nitrogens is 15. The number of halogens is 2. The number of β-amino-alcohol motifs (C(OH)–C–C–N with tert-alkyl or cyclic N) is 2. The van der Waals surface area contributed by atoms with E-state index in [9.17, 15) is 31.2 Å². The summed E-state index contributed by atoms with van der Waals surface area (Å²) in [6, 6.07) is 16.3. The predicted octanol–water partition coefficient (Wildman–Crippen LogP) is 4.75. The number of aliphatic hydroxyl groups is 2. The second kappa shape index (κ2) is 35.0. The number of ether oxygens (including phenoxy) is 3. The number of aromatic amines is 3. The Bertz CT molecular complexity index is 4860. The molecule has 8 heterocycles. The summed E-state index contributed by atoms with van der Waals surface area (Å²) < 4.78 is 98.6. The molecule has 552 valence electrons. The Morgan fingerprint density at radius 3 is 1.22 bits per heavy atom. The van der Waals surface area contributed by atoms with Gasteiger partial charge in [-0.1, -0.05) is 50.7 Å². The summed E-state index contributed by atoms with van der Waals surface area (Å²) in [6.07, 6.45) is 12.8. The van der Waals surface area contributed by atoms with Crippen LogP contribution in [0.1, 0.15) is 133 Å². The number of nitrogens with zero attached hydrogens (tertiary/aromatic N) is 15. The first-order valence-corrected chi connectivity index (χ1v) is 39.9. The monoisotopic (exact) mass is 1510 g/mol. The Labute approximate surface area is 595 Å². The van der Waals surface area contributed by atoms with Gasteiger partial charge in [0.15, 0.2) is 34.9 Å². The van der Waals surface area contributed by atoms with Crippen molar-refractivity contribution in [2.24, 2.45) is 0 Å². The van der Waals surface area contributed by atoms with E-state index in [0.717, 1.165) is 108 Å². The van der Waals surface area contributed by atoms with E-state index >= 15 is 0 Å². The van der Waals surface area contributed by atoms with Crippen LogP contribution in [0.25, 0.3) is 51.1 Å². The zero-order valence-corrected chi connectivity index (χ0v) is 60.5. The first kappa shape index (κ1) is 76.7. The van der Waals surface area contributed by atoms with Gasteiger partial charge in [0.2, 0.25) is 27.0 Å². The molecule has 0 unspecified atom stereocenters. The van der Waals surface area contributed by atoms with Crippen molar-refractivity contribution in [2.75, 3.05) is 98.5 Å². The first-order chi connectivity index (χ1) is 49.0. The minimum Gasteiger partial charge on any atom is -0.493 e. The molecule has 39 heteroatoms. The van der Waals surface area contributed by atoms with Gasteiger partial charge in [-0.05, 0) is 108 Å². The lowest BCUT2D eigenvalue weighted by molar-refractivity contribution is 0.151. The summed E-state index contributed by atoms with van der Waals surface area (Å²) in [5.41, 5.74) is 0.696. The zero-order chi connectivity index (χ0) is 72.7. The van der Waals surface area contributed by atoms with E-state index in [0.29, 0.717) is 111 Å². The van der Waals surface area contributed by atoms with Crippen molar-refractivity contribution in [1.29, 1.82) is 0 Å². The third kappa shape index (κ3) is 19.1. The number of sulfonamides is 1. The Balaban J connectivity index is 0.000000152. The molecule has 3 aliphatic carbocycles. The number of fused-ring (bicyclic) bond motifs is 3. The summed E-state index contributed by atoms with van der Waals surface area (Å²) in [6.45, 7) is 14.6. The normalized spacial score (nSPS) is 16.8. The van der Waals surface area contributed by atoms with E-state index in [4.69, 9.17) is 48.1 Å². The molecule has 7 N–H and O–H groups in total. The van der Waals surface area contributed by atoms with Crippen molar-refractivity contribution in [2.45, 2.75) is 125 Å². The van der Waals surface area contributed by atoms with Gasteiger partial charge in [0.05, 0.1) is 59.5 Å². The zero-order valence-electron chi connectivity index (χ0n) is 56.5. The number of piperazine rings is 2. The molecule has 0 bridgehead atoms. The van der Waals surface area contributed by atoms with Crippen molar-refractivity contribution in [3.05, 3.63) is 109 Å². The van der Waals surface area contributed by atoms with Gasteiger partial charge in [-0.25, -0.2) is 16.8 Å². The molecule has 9 aromatic rings. The van der Waals surface area contributed by atoms with Crippen LogP contribution < -0.4 is 36.2 Å². The molecule has 3 aromatic carbocycles. The summed E-state index contributed by atoms with van der Waals surface area (Å²) >= 11 is 0. The molecule has 3 saturated carbocycles. The fourth-order valence-electron chi connectivity index (χ4n) is 12.9. The number of rotatable bonds is 19. The maximum atomic E-state index is 13.5. The lowest BCUT2D eigenvalue weighted by Crippen LogP contribution is -2.49. The van der Waals surface area contributed by atoms with Gasteiger partial charge in [-0.3, -0.25) is 28.7 Å². The minimum absolute atomic E-state index is 0.0411. The molecule has 0 spiro atoms. The molecule has 14 rings (SSSR count). The summed E-state index contributed by atoms with van der Waals surface area (Å²) in [5, 5.41) is 59.4. The number of nitrogens with one attached hydrogen (secondary N) is 4. The fraction of sp³-hybridized carbons (Fsp3) is 0.524. The highest BCUT2D eigenvalue weighted by atomic mass is 35.7. The molecular weight excluding hydrogens is 1430 g/mol. The second-order valence-corrected chi connectivity index (χ2v) is 31.0. The quantitative estimate of drug-likeness (QED) is 0.0424. The van der Waals surface area contributed by atoms with Crippen LogP contribution >= 0.6 is 21.4 Å². The van der Waals surface area contributed by atoms with Crippen LogP contribution in [0.15, 0.2) is 84.8 Å². The fourth-order valence-corrected chi connectivity index (χ4v) is 15.1. The van der Waals surface area contributed by atoms with Crippen LogP contribution in [0.4, 0.5) is 0 Å². The Morgan fingerprint density at radius 2 is 0.833 bits per heavy atom. The lowest BCUT2D eigenvalue weighted by atomic mass is 10.1. The largest absolute Gasteiger partial charge is 0.493 e. The molecule has 34 nitrogen and oxygen atoms in total. The molecule has 2 saturated heterocycles. The van der Waals surface area contributed by atoms with Gasteiger partial charge >= 0.3 is 9.33 Å². The number of aliphatic hydroxyl groups excluding tert-OH is 2. The summed E-state index contributed by atoms with van der Waals surface area (Å²) in [4.78, 5) is 50.3. The van der Waals surface area contributed by atoms with E-state index in [-0.39, 0.29) is 62.4 Å². The van der Waals surface area contributed by atoms with Crippen LogP contribution in [-0.2, 0) is 28.4 Å². The number of H-pyrrole nitrogens is 3. The number of para-hydroxylation sites is 1. The highest BCUT2D eigenvalue weighted by Crippen LogP contribution is 2.38. The van der Waals surface area contributed by atoms with E-state index in [1.165, 1.54) is 56.5 Å². The molecule has 5 fully saturated rings. The molecular formula is C63H83Cl2N19O15S3. The van der Waals surface area contributed by atoms with Crippen molar-refractivity contribution < 1.29 is 54.2 Å². The standard InChI is InChI=1S/C23H31N7O5S.C17H18ClN5O4S.C17H19N5O2.C6H14N2O.ClHO3S/c1-2-35-19-8-7-17(36(33,34)29-11-9-28(10-12-29)13-14-31)15-18(19)20-24-23(32)22-26-25-21(30(22)27-20)16-5-3-4-6-16;1-2-27-13-8-7-11(28(18,25)26)9-12(13)14-19-17(24)16-21-20-15(23(16)22-14)10-5-3-4-6-10;1-2-24-13-10-6-5-9-12(13)14-18-17(23)16-20-19-15(22(16)21-14)11-7-3-4-8-11;9-6-5-8-3-1-7-2-4-8;1-5(2,3)4/h7-8,15-16,31H,2-6,9-14H2,1H3,(H,24,27,32);7-10H,2-6H2,1H3,(H,19,22,24);5-6,9-11H,2-4,7-8H2,1H3,(H,18,21,23);7,9H,1-6H2;(H,2,3,4). The van der Waals surface area contributed by atoms with Crippen molar-refractivity contribution >= 4 is 66.7 Å². The smallest absolute Gasteiger partial charge is 0.353 e. The third-order valence-corrected chi connectivity index (χ3v) is 21.1. The number of hydrogen-bond acceptors (Lipinski definition) is 26. The van der Waals surface area contributed by atoms with E-state index in [1.807, 2.05) is 43.0 Å². The molecule has 2 aliphatic heterocycles. The van der Waals surface area contributed by atoms with Gasteiger partial charge in [-0.2, -0.15) is 26.3 Å². The third-order valence-electron chi connectivity index (χ3n) is 17.8. The topological polar surface area (TPSA) is 440 Å². The number of benzene rings is 3. The summed E-state index contributed by atoms with van der Waals surface area (Å²) in [7, 11) is -2.41. The van der Waals surface area contributed by atoms with Crippen molar-refractivity contribution in [3.63, 3.8) is 0 Å². The van der Waals surface area contributed by atoms with Crippen molar-refractivity contribution in [1.82, 2.24) is 93.8 Å². The Kier molecular flexibility index (Phi) is 26.3. The highest BCUT2D eigenvalue weighted by Gasteiger charge is 2.32. The van der Waals surface area contributed by atoms with E-state index in [2.05, 4.69) is 81.7 Å². The second-order valence-electron chi connectivity index (χ2n) is 24.5. The van der Waals surface area contributed by atoms with Crippen LogP contribution in [0.5, 0.6) is 17.2 Å². The van der Waals surface area contributed by atoms with Crippen LogP contribution in [-0.4, -0.2) is 227 Å². The maximum Gasteiger partial charge on any atom is 0.353 e. The SMILES string of the molecule is CCOc1ccc(S(=O)(=O)Cl)cc1-c1nn2c(C3CCCC3)nnc2c(=O)[nH]1.CCOc1ccc(S(=O)(=O)N2CCN(CCO)CC2)cc1-c1nn2c(C3CCCC3)nnc2c(=O)[nH]1.CCOc1ccccc1-c1nn2c(C3CCCC3)nnc2c(=O)[nH]1.O=S(=O)(O)Cl.OCCN1CCNCC1. The minimum atomic E-state index is -4.19. The number of hydrogen-bond donors (Lipinski definition) is 7. The summed E-state index contributed by atoms with van der Waals surface area (Å²) in [5.74, 6) is 5.08. The lowest BCUT2D eigenvalue weighted by Gasteiger charge is -2.33. The highest BCUT2D eigenvalue weighted by molar-refractivity contribution is 8.13. The first-order valence-electron chi connectivity index (χ1n) is 33.8. The Morgan fingerprint density at radius 1 is 0.480 bits per heavy atom. The van der Waals surface area contributed by atoms with Gasteiger partial charge < -0.3 is 44.7 Å². The molecule has 6 aromatic heterocycles. The average molecular weight is 1510 g/mol. The molecule has 0 atom stereocenters. The molecule has 102 heavy (non-hydrogen) atoms. The van der Waals surface area contributed by atoms with Gasteiger partial charge in [0.25, 0.3) is 25.7 Å². The van der Waals surface area contributed by atoms with Crippen molar-refractivity contribution in [3.8, 4) is 51.4 Å². The van der Waals surface area contributed by atoms with E-state index in [1.54, 1.807) is 17.5 Å². The average Bonchev–Trinajstić information content (AvgIpc) is 1.50. The predicted molar refractivity (Wildman–Crippen MR) is 377 cm³/mol. The molecule has 0 amide bonds. The molecule has 0 radical (unpaired) electrons. The van der Waals surface area contributed by atoms with Gasteiger partial charge in [-0.15, -0.1) is 45.9 Å². The molecule has 5 aliphatic rings.